The highest BCUT2D eigenvalue weighted by Gasteiger charge is 2.06. The van der Waals surface area contributed by atoms with E-state index in [0.29, 0.717) is 29.1 Å². The molecule has 0 aliphatic heterocycles. The number of halogens is 1. The predicted octanol–water partition coefficient (Wildman–Crippen LogP) is 2.43. The summed E-state index contributed by atoms with van der Waals surface area (Å²) in [7, 11) is 0. The molecule has 0 saturated carbocycles. The summed E-state index contributed by atoms with van der Waals surface area (Å²) in [6.45, 7) is 3.30. The molecule has 1 aromatic rings. The smallest absolute Gasteiger partial charge is 0.230 e. The molecule has 0 saturated heterocycles. The second-order valence-electron chi connectivity index (χ2n) is 4.10. The van der Waals surface area contributed by atoms with E-state index < -0.39 is 0 Å². The second kappa shape index (κ2) is 8.40. The lowest BCUT2D eigenvalue weighted by Crippen LogP contribution is -2.25. The highest BCUT2D eigenvalue weighted by atomic mass is 35.5. The molecule has 1 unspecified atom stereocenters. The summed E-state index contributed by atoms with van der Waals surface area (Å²) in [4.78, 5) is 11.6. The summed E-state index contributed by atoms with van der Waals surface area (Å²) in [6.07, 6.45) is 0.940. The van der Waals surface area contributed by atoms with Gasteiger partial charge in [0.15, 0.2) is 0 Å². The van der Waals surface area contributed by atoms with Gasteiger partial charge in [-0.25, -0.2) is 0 Å². The van der Waals surface area contributed by atoms with Gasteiger partial charge in [0.25, 0.3) is 0 Å². The molecule has 0 radical (unpaired) electrons. The average Bonchev–Trinajstić information content (AvgIpc) is 2.36. The van der Waals surface area contributed by atoms with Gasteiger partial charge in [0.05, 0.1) is 5.75 Å². The number of amides is 1. The van der Waals surface area contributed by atoms with Crippen LogP contribution in [-0.4, -0.2) is 23.5 Å². The van der Waals surface area contributed by atoms with Gasteiger partial charge < -0.3 is 11.1 Å². The maximum atomic E-state index is 11.6. The Balaban J connectivity index is 2.22. The van der Waals surface area contributed by atoms with Crippen molar-refractivity contribution in [2.24, 2.45) is 5.73 Å². The second-order valence-corrected chi connectivity index (χ2v) is 5.97. The van der Waals surface area contributed by atoms with E-state index in [1.165, 1.54) is 0 Å². The molecule has 0 bridgehead atoms. The van der Waals surface area contributed by atoms with Gasteiger partial charge in [0.1, 0.15) is 0 Å². The molecule has 0 spiro atoms. The van der Waals surface area contributed by atoms with Gasteiger partial charge in [-0.3, -0.25) is 4.79 Å². The van der Waals surface area contributed by atoms with Crippen LogP contribution < -0.4 is 11.1 Å². The molecule has 3 N–H and O–H groups in total. The third-order valence-electron chi connectivity index (χ3n) is 2.48. The molecule has 0 aliphatic rings. The van der Waals surface area contributed by atoms with Crippen molar-refractivity contribution in [3.63, 3.8) is 0 Å². The molecule has 0 fully saturated rings. The lowest BCUT2D eigenvalue weighted by molar-refractivity contribution is -0.118. The predicted molar refractivity (Wildman–Crippen MR) is 78.9 cm³/mol. The Labute approximate surface area is 117 Å². The SMILES string of the molecule is CC(CCN)SCC(=O)NCc1ccc(Cl)cc1. The fourth-order valence-electron chi connectivity index (χ4n) is 1.39. The van der Waals surface area contributed by atoms with E-state index in [1.807, 2.05) is 24.3 Å². The Morgan fingerprint density at radius 1 is 1.44 bits per heavy atom. The highest BCUT2D eigenvalue weighted by Crippen LogP contribution is 2.13. The number of nitrogens with two attached hydrogens (primary N) is 1. The Kier molecular flexibility index (Phi) is 7.16. The molecule has 100 valence electrons. The van der Waals surface area contributed by atoms with E-state index in [0.717, 1.165) is 12.0 Å². The van der Waals surface area contributed by atoms with E-state index >= 15 is 0 Å². The summed E-state index contributed by atoms with van der Waals surface area (Å²) in [5, 5.41) is 4.01. The largest absolute Gasteiger partial charge is 0.351 e. The minimum absolute atomic E-state index is 0.0545. The average molecular weight is 287 g/mol. The van der Waals surface area contributed by atoms with E-state index in [-0.39, 0.29) is 5.91 Å². The number of nitrogens with one attached hydrogen (secondary N) is 1. The van der Waals surface area contributed by atoms with Crippen LogP contribution in [0.25, 0.3) is 0 Å². The van der Waals surface area contributed by atoms with Crippen LogP contribution in [0.15, 0.2) is 24.3 Å². The quantitative estimate of drug-likeness (QED) is 0.809. The summed E-state index contributed by atoms with van der Waals surface area (Å²) in [5.41, 5.74) is 6.51. The first-order valence-corrected chi connectivity index (χ1v) is 7.37. The molecule has 1 amide bonds. The molecule has 3 nitrogen and oxygen atoms in total. The number of carbonyl (C=O) groups is 1. The Hall–Kier alpha value is -0.710. The van der Waals surface area contributed by atoms with Crippen molar-refractivity contribution in [1.82, 2.24) is 5.32 Å². The number of carbonyl (C=O) groups excluding carboxylic acids is 1. The van der Waals surface area contributed by atoms with Gasteiger partial charge in [-0.05, 0) is 30.7 Å². The first kappa shape index (κ1) is 15.3. The van der Waals surface area contributed by atoms with E-state index in [1.54, 1.807) is 11.8 Å². The number of benzene rings is 1. The summed E-state index contributed by atoms with van der Waals surface area (Å²) in [6, 6.07) is 7.46. The number of thioether (sulfide) groups is 1. The standard InChI is InChI=1S/C13H19ClN2OS/c1-10(6-7-15)18-9-13(17)16-8-11-2-4-12(14)5-3-11/h2-5,10H,6-9,15H2,1H3,(H,16,17). The molecular formula is C13H19ClN2OS. The van der Waals surface area contributed by atoms with Crippen LogP contribution >= 0.6 is 23.4 Å². The van der Waals surface area contributed by atoms with Crippen molar-refractivity contribution in [1.29, 1.82) is 0 Å². The molecular weight excluding hydrogens is 268 g/mol. The first-order chi connectivity index (χ1) is 8.61. The van der Waals surface area contributed by atoms with Crippen LogP contribution in [0.2, 0.25) is 5.02 Å². The zero-order valence-electron chi connectivity index (χ0n) is 10.5. The zero-order chi connectivity index (χ0) is 13.4. The van der Waals surface area contributed by atoms with Crippen molar-refractivity contribution in [2.75, 3.05) is 12.3 Å². The topological polar surface area (TPSA) is 55.1 Å². The maximum Gasteiger partial charge on any atom is 0.230 e. The Morgan fingerprint density at radius 2 is 2.11 bits per heavy atom. The van der Waals surface area contributed by atoms with Crippen molar-refractivity contribution in [3.8, 4) is 0 Å². The number of rotatable bonds is 7. The molecule has 1 rings (SSSR count). The van der Waals surface area contributed by atoms with Gasteiger partial charge in [-0.1, -0.05) is 30.7 Å². The van der Waals surface area contributed by atoms with Crippen molar-refractivity contribution in [2.45, 2.75) is 25.1 Å². The van der Waals surface area contributed by atoms with E-state index in [2.05, 4.69) is 12.2 Å². The highest BCUT2D eigenvalue weighted by molar-refractivity contribution is 8.00. The molecule has 18 heavy (non-hydrogen) atoms. The van der Waals surface area contributed by atoms with Crippen LogP contribution in [0.1, 0.15) is 18.9 Å². The Morgan fingerprint density at radius 3 is 2.72 bits per heavy atom. The maximum absolute atomic E-state index is 11.6. The monoisotopic (exact) mass is 286 g/mol. The number of hydrogen-bond donors (Lipinski definition) is 2. The van der Waals surface area contributed by atoms with E-state index in [9.17, 15) is 4.79 Å². The fourth-order valence-corrected chi connectivity index (χ4v) is 2.36. The van der Waals surface area contributed by atoms with Crippen LogP contribution in [0.3, 0.4) is 0 Å². The lowest BCUT2D eigenvalue weighted by Gasteiger charge is -2.10. The first-order valence-electron chi connectivity index (χ1n) is 5.94. The van der Waals surface area contributed by atoms with Crippen LogP contribution in [0.4, 0.5) is 0 Å². The van der Waals surface area contributed by atoms with Gasteiger partial charge in [0, 0.05) is 16.8 Å². The fraction of sp³-hybridized carbons (Fsp3) is 0.462. The molecule has 5 heteroatoms. The summed E-state index contributed by atoms with van der Waals surface area (Å²) in [5.74, 6) is 0.535. The van der Waals surface area contributed by atoms with Crippen LogP contribution in [0, 0.1) is 0 Å². The Bertz CT molecular complexity index is 370. The van der Waals surface area contributed by atoms with Crippen LogP contribution in [-0.2, 0) is 11.3 Å². The van der Waals surface area contributed by atoms with Crippen molar-refractivity contribution < 1.29 is 4.79 Å². The molecule has 0 heterocycles. The van der Waals surface area contributed by atoms with Gasteiger partial charge >= 0.3 is 0 Å². The van der Waals surface area contributed by atoms with Gasteiger partial charge in [-0.2, -0.15) is 0 Å². The van der Waals surface area contributed by atoms with Crippen LogP contribution in [0.5, 0.6) is 0 Å². The van der Waals surface area contributed by atoms with Gasteiger partial charge in [-0.15, -0.1) is 11.8 Å². The third kappa shape index (κ3) is 6.28. The summed E-state index contributed by atoms with van der Waals surface area (Å²) < 4.78 is 0. The van der Waals surface area contributed by atoms with Crippen molar-refractivity contribution in [3.05, 3.63) is 34.9 Å². The molecule has 0 aliphatic carbocycles. The van der Waals surface area contributed by atoms with Gasteiger partial charge in [0.2, 0.25) is 5.91 Å². The third-order valence-corrected chi connectivity index (χ3v) is 3.96. The summed E-state index contributed by atoms with van der Waals surface area (Å²) >= 11 is 7.42. The minimum Gasteiger partial charge on any atom is -0.351 e. The zero-order valence-corrected chi connectivity index (χ0v) is 12.1. The minimum atomic E-state index is 0.0545. The molecule has 1 aromatic carbocycles. The van der Waals surface area contributed by atoms with E-state index in [4.69, 9.17) is 17.3 Å². The normalized spacial score (nSPS) is 12.2. The number of hydrogen-bond acceptors (Lipinski definition) is 3. The molecule has 0 aromatic heterocycles. The van der Waals surface area contributed by atoms with Crippen molar-refractivity contribution >= 4 is 29.3 Å². The lowest BCUT2D eigenvalue weighted by atomic mass is 10.2. The molecule has 1 atom stereocenters.